The van der Waals surface area contributed by atoms with Crippen molar-refractivity contribution in [2.24, 2.45) is 0 Å². The van der Waals surface area contributed by atoms with E-state index in [4.69, 9.17) is 4.74 Å². The lowest BCUT2D eigenvalue weighted by Gasteiger charge is -2.39. The Kier molecular flexibility index (Phi) is 1.74. The van der Waals surface area contributed by atoms with Crippen LogP contribution in [0, 0.1) is 0 Å². The maximum absolute atomic E-state index is 5.21. The minimum atomic E-state index is 0.0985. The first-order chi connectivity index (χ1) is 5.87. The van der Waals surface area contributed by atoms with Crippen molar-refractivity contribution in [3.05, 3.63) is 48.6 Å². The first-order valence-corrected chi connectivity index (χ1v) is 4.14. The van der Waals surface area contributed by atoms with Gasteiger partial charge in [-0.3, -0.25) is 0 Å². The normalized spacial score (nSPS) is 19.7. The zero-order valence-electron chi connectivity index (χ0n) is 6.99. The summed E-state index contributed by atoms with van der Waals surface area (Å²) in [5, 5.41) is 0. The van der Waals surface area contributed by atoms with Gasteiger partial charge in [-0.15, -0.1) is 6.58 Å². The molecule has 1 fully saturated rings. The SMILES string of the molecule is C=CC1(c2ccccc2)COC1. The largest absolute Gasteiger partial charge is 0.379 e. The standard InChI is InChI=1S/C11H12O/c1-2-11(8-12-9-11)10-6-4-3-5-7-10/h2-7H,1,8-9H2. The maximum Gasteiger partial charge on any atom is 0.0620 e. The second-order valence-electron chi connectivity index (χ2n) is 3.22. The summed E-state index contributed by atoms with van der Waals surface area (Å²) in [6.45, 7) is 5.41. The molecule has 0 amide bonds. The zero-order valence-corrected chi connectivity index (χ0v) is 6.99. The van der Waals surface area contributed by atoms with Crippen LogP contribution in [-0.2, 0) is 10.2 Å². The third kappa shape index (κ3) is 0.978. The van der Waals surface area contributed by atoms with Gasteiger partial charge in [-0.05, 0) is 5.56 Å². The molecule has 0 saturated carbocycles. The molecule has 0 atom stereocenters. The number of ether oxygens (including phenoxy) is 1. The molecule has 0 unspecified atom stereocenters. The molecule has 1 saturated heterocycles. The minimum Gasteiger partial charge on any atom is -0.379 e. The molecule has 1 aliphatic rings. The summed E-state index contributed by atoms with van der Waals surface area (Å²) in [7, 11) is 0. The number of hydrogen-bond acceptors (Lipinski definition) is 1. The molecule has 1 heterocycles. The second-order valence-corrected chi connectivity index (χ2v) is 3.22. The van der Waals surface area contributed by atoms with E-state index in [2.05, 4.69) is 30.8 Å². The van der Waals surface area contributed by atoms with Gasteiger partial charge in [-0.1, -0.05) is 36.4 Å². The van der Waals surface area contributed by atoms with Crippen LogP contribution in [-0.4, -0.2) is 13.2 Å². The lowest BCUT2D eigenvalue weighted by atomic mass is 9.79. The number of benzene rings is 1. The van der Waals surface area contributed by atoms with Gasteiger partial charge < -0.3 is 4.74 Å². The molecule has 0 aliphatic carbocycles. The van der Waals surface area contributed by atoms with Gasteiger partial charge in [0.2, 0.25) is 0 Å². The first kappa shape index (κ1) is 7.56. The fourth-order valence-electron chi connectivity index (χ4n) is 1.49. The molecule has 62 valence electrons. The Morgan fingerprint density at radius 3 is 2.33 bits per heavy atom. The van der Waals surface area contributed by atoms with Crippen molar-refractivity contribution >= 4 is 0 Å². The third-order valence-corrected chi connectivity index (χ3v) is 2.46. The van der Waals surface area contributed by atoms with Gasteiger partial charge in [0.25, 0.3) is 0 Å². The molecule has 0 spiro atoms. The highest BCUT2D eigenvalue weighted by Gasteiger charge is 2.36. The van der Waals surface area contributed by atoms with Crippen molar-refractivity contribution in [2.75, 3.05) is 13.2 Å². The Hall–Kier alpha value is -1.08. The average Bonchev–Trinajstić information content (AvgIpc) is 2.05. The van der Waals surface area contributed by atoms with Crippen LogP contribution in [0.15, 0.2) is 43.0 Å². The van der Waals surface area contributed by atoms with Crippen LogP contribution in [0.4, 0.5) is 0 Å². The molecule has 0 aromatic heterocycles. The monoisotopic (exact) mass is 160 g/mol. The molecule has 1 nitrogen and oxygen atoms in total. The van der Waals surface area contributed by atoms with Crippen molar-refractivity contribution in [2.45, 2.75) is 5.41 Å². The molecule has 2 rings (SSSR count). The predicted molar refractivity (Wildman–Crippen MR) is 49.1 cm³/mol. The van der Waals surface area contributed by atoms with Crippen LogP contribution >= 0.6 is 0 Å². The molecular weight excluding hydrogens is 148 g/mol. The highest BCUT2D eigenvalue weighted by atomic mass is 16.5. The van der Waals surface area contributed by atoms with Crippen molar-refractivity contribution in [1.82, 2.24) is 0 Å². The van der Waals surface area contributed by atoms with Crippen LogP contribution in [0.2, 0.25) is 0 Å². The van der Waals surface area contributed by atoms with Gasteiger partial charge in [0.1, 0.15) is 0 Å². The van der Waals surface area contributed by atoms with E-state index in [1.165, 1.54) is 5.56 Å². The van der Waals surface area contributed by atoms with Gasteiger partial charge in [-0.25, -0.2) is 0 Å². The molecule has 1 aliphatic heterocycles. The molecule has 1 heteroatoms. The minimum absolute atomic E-state index is 0.0985. The first-order valence-electron chi connectivity index (χ1n) is 4.14. The van der Waals surface area contributed by atoms with E-state index in [0.29, 0.717) is 0 Å². The van der Waals surface area contributed by atoms with Crippen LogP contribution < -0.4 is 0 Å². The van der Waals surface area contributed by atoms with E-state index >= 15 is 0 Å². The predicted octanol–water partition coefficient (Wildman–Crippen LogP) is 2.14. The Labute approximate surface area is 72.7 Å². The van der Waals surface area contributed by atoms with Crippen LogP contribution in [0.5, 0.6) is 0 Å². The molecule has 1 aromatic carbocycles. The Morgan fingerprint density at radius 2 is 1.92 bits per heavy atom. The molecule has 12 heavy (non-hydrogen) atoms. The highest BCUT2D eigenvalue weighted by molar-refractivity contribution is 5.32. The summed E-state index contributed by atoms with van der Waals surface area (Å²) >= 11 is 0. The smallest absolute Gasteiger partial charge is 0.0620 e. The molecular formula is C11H12O. The van der Waals surface area contributed by atoms with E-state index in [1.807, 2.05) is 12.1 Å². The molecule has 1 aromatic rings. The van der Waals surface area contributed by atoms with Gasteiger partial charge in [0.15, 0.2) is 0 Å². The fourth-order valence-corrected chi connectivity index (χ4v) is 1.49. The highest BCUT2D eigenvalue weighted by Crippen LogP contribution is 2.32. The lowest BCUT2D eigenvalue weighted by Crippen LogP contribution is -2.44. The van der Waals surface area contributed by atoms with E-state index in [9.17, 15) is 0 Å². The summed E-state index contributed by atoms with van der Waals surface area (Å²) in [5.74, 6) is 0. The van der Waals surface area contributed by atoms with E-state index < -0.39 is 0 Å². The van der Waals surface area contributed by atoms with Crippen LogP contribution in [0.3, 0.4) is 0 Å². The van der Waals surface area contributed by atoms with Gasteiger partial charge >= 0.3 is 0 Å². The molecule has 0 radical (unpaired) electrons. The fraction of sp³-hybridized carbons (Fsp3) is 0.273. The average molecular weight is 160 g/mol. The summed E-state index contributed by atoms with van der Waals surface area (Å²) in [6.07, 6.45) is 1.99. The second kappa shape index (κ2) is 2.76. The van der Waals surface area contributed by atoms with E-state index in [-0.39, 0.29) is 5.41 Å². The third-order valence-electron chi connectivity index (χ3n) is 2.46. The van der Waals surface area contributed by atoms with Crippen molar-refractivity contribution < 1.29 is 4.74 Å². The van der Waals surface area contributed by atoms with Gasteiger partial charge in [0.05, 0.1) is 18.6 Å². The summed E-state index contributed by atoms with van der Waals surface area (Å²) < 4.78 is 5.21. The van der Waals surface area contributed by atoms with Crippen LogP contribution in [0.25, 0.3) is 0 Å². The number of hydrogen-bond donors (Lipinski definition) is 0. The lowest BCUT2D eigenvalue weighted by molar-refractivity contribution is -0.0337. The maximum atomic E-state index is 5.21. The van der Waals surface area contributed by atoms with Crippen LogP contribution in [0.1, 0.15) is 5.56 Å². The van der Waals surface area contributed by atoms with E-state index in [1.54, 1.807) is 0 Å². The van der Waals surface area contributed by atoms with Crippen molar-refractivity contribution in [3.8, 4) is 0 Å². The molecule has 0 bridgehead atoms. The quantitative estimate of drug-likeness (QED) is 0.602. The van der Waals surface area contributed by atoms with Crippen molar-refractivity contribution in [3.63, 3.8) is 0 Å². The summed E-state index contributed by atoms with van der Waals surface area (Å²) in [6, 6.07) is 10.4. The number of rotatable bonds is 2. The zero-order chi connectivity index (χ0) is 8.44. The molecule has 0 N–H and O–H groups in total. The topological polar surface area (TPSA) is 9.23 Å². The summed E-state index contributed by atoms with van der Waals surface area (Å²) in [5.41, 5.74) is 1.41. The van der Waals surface area contributed by atoms with E-state index in [0.717, 1.165) is 13.2 Å². The van der Waals surface area contributed by atoms with Crippen molar-refractivity contribution in [1.29, 1.82) is 0 Å². The Bertz CT molecular complexity index is 272. The Balaban J connectivity index is 2.34. The van der Waals surface area contributed by atoms with Gasteiger partial charge in [-0.2, -0.15) is 0 Å². The Morgan fingerprint density at radius 1 is 1.25 bits per heavy atom. The van der Waals surface area contributed by atoms with Gasteiger partial charge in [0, 0.05) is 0 Å². The summed E-state index contributed by atoms with van der Waals surface area (Å²) in [4.78, 5) is 0.